The summed E-state index contributed by atoms with van der Waals surface area (Å²) in [5.74, 6) is 0.910. The van der Waals surface area contributed by atoms with Gasteiger partial charge in [-0.3, -0.25) is 9.48 Å². The van der Waals surface area contributed by atoms with E-state index in [1.807, 2.05) is 13.8 Å². The largest absolute Gasteiger partial charge is 0.395 e. The summed E-state index contributed by atoms with van der Waals surface area (Å²) < 4.78 is 1.65. The van der Waals surface area contributed by atoms with Crippen LogP contribution in [0.25, 0.3) is 0 Å². The van der Waals surface area contributed by atoms with Gasteiger partial charge in [-0.05, 0) is 32.3 Å². The lowest BCUT2D eigenvalue weighted by Crippen LogP contribution is -2.28. The van der Waals surface area contributed by atoms with E-state index < -0.39 is 0 Å². The minimum absolute atomic E-state index is 0.133. The van der Waals surface area contributed by atoms with Crippen LogP contribution in [0.3, 0.4) is 0 Å². The Morgan fingerprint density at radius 2 is 2.29 bits per heavy atom. The second-order valence-corrected chi connectivity index (χ2v) is 4.75. The molecule has 0 atom stereocenters. The maximum atomic E-state index is 12.0. The fraction of sp³-hybridized carbons (Fsp3) is 0.636. The van der Waals surface area contributed by atoms with E-state index in [0.717, 1.165) is 12.2 Å². The van der Waals surface area contributed by atoms with Crippen LogP contribution in [-0.4, -0.2) is 34.2 Å². The molecule has 3 N–H and O–H groups in total. The van der Waals surface area contributed by atoms with Gasteiger partial charge in [-0.1, -0.05) is 0 Å². The summed E-state index contributed by atoms with van der Waals surface area (Å²) in [5, 5.41) is 7.09. The Balaban J connectivity index is 2.68. The summed E-state index contributed by atoms with van der Waals surface area (Å²) in [6.45, 7) is 5.07. The Morgan fingerprint density at radius 3 is 2.88 bits per heavy atom. The number of amides is 1. The maximum absolute atomic E-state index is 12.0. The number of thioether (sulfide) groups is 1. The van der Waals surface area contributed by atoms with Crippen LogP contribution in [-0.2, 0) is 6.54 Å². The zero-order valence-electron chi connectivity index (χ0n) is 10.6. The van der Waals surface area contributed by atoms with Gasteiger partial charge in [0, 0.05) is 13.1 Å². The van der Waals surface area contributed by atoms with E-state index in [9.17, 15) is 4.79 Å². The van der Waals surface area contributed by atoms with Crippen molar-refractivity contribution in [3.05, 3.63) is 11.4 Å². The fourth-order valence-electron chi connectivity index (χ4n) is 1.57. The lowest BCUT2D eigenvalue weighted by atomic mass is 10.3. The van der Waals surface area contributed by atoms with Crippen LogP contribution in [0.2, 0.25) is 0 Å². The average Bonchev–Trinajstić information content (AvgIpc) is 2.61. The molecular formula is C11H20N4OS. The Bertz CT molecular complexity index is 389. The number of carbonyl (C=O) groups excluding carboxylic acids is 1. The standard InChI is InChI=1S/C11H20N4OS/c1-4-15-10(9(12)8(2)14-15)11(16)13-6-5-7-17-3/h4-7,12H2,1-3H3,(H,13,16). The van der Waals surface area contributed by atoms with E-state index in [1.165, 1.54) is 0 Å². The minimum Gasteiger partial charge on any atom is -0.395 e. The lowest BCUT2D eigenvalue weighted by Gasteiger charge is -2.07. The highest BCUT2D eigenvalue weighted by Crippen LogP contribution is 2.16. The van der Waals surface area contributed by atoms with Gasteiger partial charge in [0.2, 0.25) is 0 Å². The number of hydrogen-bond acceptors (Lipinski definition) is 4. The molecule has 0 aliphatic heterocycles. The molecule has 1 amide bonds. The summed E-state index contributed by atoms with van der Waals surface area (Å²) in [4.78, 5) is 12.0. The van der Waals surface area contributed by atoms with E-state index in [0.29, 0.717) is 30.2 Å². The number of aryl methyl sites for hydroxylation is 2. The zero-order chi connectivity index (χ0) is 12.8. The third-order valence-electron chi connectivity index (χ3n) is 2.50. The van der Waals surface area contributed by atoms with E-state index in [2.05, 4.69) is 16.7 Å². The molecule has 0 radical (unpaired) electrons. The summed E-state index contributed by atoms with van der Waals surface area (Å²) >= 11 is 1.77. The molecule has 1 aromatic heterocycles. The summed E-state index contributed by atoms with van der Waals surface area (Å²) in [7, 11) is 0. The van der Waals surface area contributed by atoms with Gasteiger partial charge < -0.3 is 11.1 Å². The summed E-state index contributed by atoms with van der Waals surface area (Å²) in [5.41, 5.74) is 7.53. The molecule has 1 aromatic rings. The molecule has 1 heterocycles. The minimum atomic E-state index is -0.133. The highest BCUT2D eigenvalue weighted by molar-refractivity contribution is 7.98. The van der Waals surface area contributed by atoms with Gasteiger partial charge in [-0.15, -0.1) is 0 Å². The highest BCUT2D eigenvalue weighted by atomic mass is 32.2. The quantitative estimate of drug-likeness (QED) is 0.752. The smallest absolute Gasteiger partial charge is 0.271 e. The van der Waals surface area contributed by atoms with Crippen molar-refractivity contribution in [3.8, 4) is 0 Å². The fourth-order valence-corrected chi connectivity index (χ4v) is 2.00. The van der Waals surface area contributed by atoms with Gasteiger partial charge in [0.25, 0.3) is 5.91 Å². The van der Waals surface area contributed by atoms with Gasteiger partial charge in [0.1, 0.15) is 5.69 Å². The molecule has 0 saturated carbocycles. The highest BCUT2D eigenvalue weighted by Gasteiger charge is 2.18. The van der Waals surface area contributed by atoms with Crippen LogP contribution >= 0.6 is 11.8 Å². The average molecular weight is 256 g/mol. The van der Waals surface area contributed by atoms with Crippen molar-refractivity contribution in [3.63, 3.8) is 0 Å². The number of nitrogen functional groups attached to an aromatic ring is 1. The Hall–Kier alpha value is -1.17. The molecule has 5 nitrogen and oxygen atoms in total. The first kappa shape index (κ1) is 13.9. The van der Waals surface area contributed by atoms with Crippen LogP contribution in [0.4, 0.5) is 5.69 Å². The van der Waals surface area contributed by atoms with E-state index in [-0.39, 0.29) is 5.91 Å². The van der Waals surface area contributed by atoms with Crippen molar-refractivity contribution in [2.24, 2.45) is 0 Å². The maximum Gasteiger partial charge on any atom is 0.271 e. The lowest BCUT2D eigenvalue weighted by molar-refractivity contribution is 0.0944. The normalized spacial score (nSPS) is 10.5. The molecule has 0 aromatic carbocycles. The molecule has 0 bridgehead atoms. The van der Waals surface area contributed by atoms with Gasteiger partial charge in [0.05, 0.1) is 11.4 Å². The Labute approximate surface area is 106 Å². The number of rotatable bonds is 6. The first-order chi connectivity index (χ1) is 8.11. The summed E-state index contributed by atoms with van der Waals surface area (Å²) in [6, 6.07) is 0. The van der Waals surface area contributed by atoms with Crippen molar-refractivity contribution in [1.29, 1.82) is 0 Å². The van der Waals surface area contributed by atoms with Crippen molar-refractivity contribution in [2.45, 2.75) is 26.8 Å². The monoisotopic (exact) mass is 256 g/mol. The topological polar surface area (TPSA) is 72.9 Å². The third-order valence-corrected chi connectivity index (χ3v) is 3.20. The number of nitrogens with zero attached hydrogens (tertiary/aromatic N) is 2. The SMILES string of the molecule is CCn1nc(C)c(N)c1C(=O)NCCCSC. The first-order valence-electron chi connectivity index (χ1n) is 5.71. The molecule has 0 fully saturated rings. The van der Waals surface area contributed by atoms with E-state index in [4.69, 9.17) is 5.73 Å². The van der Waals surface area contributed by atoms with Gasteiger partial charge in [0.15, 0.2) is 0 Å². The number of hydrogen-bond donors (Lipinski definition) is 2. The van der Waals surface area contributed by atoms with E-state index in [1.54, 1.807) is 16.4 Å². The predicted molar refractivity (Wildman–Crippen MR) is 72.4 cm³/mol. The molecule has 17 heavy (non-hydrogen) atoms. The molecule has 0 aliphatic carbocycles. The predicted octanol–water partition coefficient (Wildman–Crippen LogP) is 1.28. The molecular weight excluding hydrogens is 236 g/mol. The van der Waals surface area contributed by atoms with Crippen LogP contribution in [0.5, 0.6) is 0 Å². The summed E-state index contributed by atoms with van der Waals surface area (Å²) in [6.07, 6.45) is 3.02. The number of anilines is 1. The van der Waals surface area contributed by atoms with Crippen LogP contribution in [0.1, 0.15) is 29.5 Å². The molecule has 96 valence electrons. The number of nitrogens with one attached hydrogen (secondary N) is 1. The van der Waals surface area contributed by atoms with Crippen LogP contribution < -0.4 is 11.1 Å². The molecule has 0 aliphatic rings. The molecule has 1 rings (SSSR count). The van der Waals surface area contributed by atoms with Crippen molar-refractivity contribution in [1.82, 2.24) is 15.1 Å². The number of carbonyl (C=O) groups is 1. The Kier molecular flexibility index (Phi) is 5.34. The van der Waals surface area contributed by atoms with Gasteiger partial charge in [-0.2, -0.15) is 16.9 Å². The van der Waals surface area contributed by atoms with E-state index >= 15 is 0 Å². The van der Waals surface area contributed by atoms with Crippen molar-refractivity contribution < 1.29 is 4.79 Å². The van der Waals surface area contributed by atoms with Crippen molar-refractivity contribution >= 4 is 23.4 Å². The van der Waals surface area contributed by atoms with Crippen molar-refractivity contribution in [2.75, 3.05) is 24.3 Å². The number of aromatic nitrogens is 2. The number of nitrogens with two attached hydrogens (primary N) is 1. The second kappa shape index (κ2) is 6.54. The molecule has 0 unspecified atom stereocenters. The van der Waals surface area contributed by atoms with Gasteiger partial charge >= 0.3 is 0 Å². The Morgan fingerprint density at radius 1 is 1.59 bits per heavy atom. The van der Waals surface area contributed by atoms with Gasteiger partial charge in [-0.25, -0.2) is 0 Å². The van der Waals surface area contributed by atoms with Crippen LogP contribution in [0, 0.1) is 6.92 Å². The molecule has 0 saturated heterocycles. The zero-order valence-corrected chi connectivity index (χ0v) is 11.4. The van der Waals surface area contributed by atoms with Crippen LogP contribution in [0.15, 0.2) is 0 Å². The molecule has 6 heteroatoms. The molecule has 0 spiro atoms. The third kappa shape index (κ3) is 3.39. The second-order valence-electron chi connectivity index (χ2n) is 3.77. The first-order valence-corrected chi connectivity index (χ1v) is 7.11.